The zero-order chi connectivity index (χ0) is 16.5. The van der Waals surface area contributed by atoms with Crippen LogP contribution in [-0.2, 0) is 18.4 Å². The van der Waals surface area contributed by atoms with Gasteiger partial charge < -0.3 is 16.0 Å². The number of nitrogens with one attached hydrogen (secondary N) is 3. The van der Waals surface area contributed by atoms with Gasteiger partial charge in [-0.15, -0.1) is 0 Å². The predicted molar refractivity (Wildman–Crippen MR) is 88.9 cm³/mol. The van der Waals surface area contributed by atoms with Gasteiger partial charge in [-0.1, -0.05) is 18.2 Å². The molecular weight excluding hydrogens is 294 g/mol. The second-order valence-electron chi connectivity index (χ2n) is 4.76. The van der Waals surface area contributed by atoms with E-state index in [4.69, 9.17) is 0 Å². The standard InChI is InChI=1S/C15H21N7O/c1-3-16-15(17-9-13-19-11-20-22(13)2)18-10-14(23)21-12-7-5-4-6-8-12/h4-8,11H,3,9-10H2,1-2H3,(H,21,23)(H2,16,17,18). The molecule has 122 valence electrons. The molecule has 2 aromatic rings. The van der Waals surface area contributed by atoms with E-state index in [1.54, 1.807) is 4.68 Å². The molecule has 0 bridgehead atoms. The first-order valence-corrected chi connectivity index (χ1v) is 7.39. The average molecular weight is 315 g/mol. The van der Waals surface area contributed by atoms with Crippen LogP contribution in [0.15, 0.2) is 41.7 Å². The summed E-state index contributed by atoms with van der Waals surface area (Å²) in [5.41, 5.74) is 0.764. The molecule has 0 atom stereocenters. The lowest BCUT2D eigenvalue weighted by atomic mass is 10.3. The Morgan fingerprint density at radius 2 is 2.04 bits per heavy atom. The van der Waals surface area contributed by atoms with Crippen molar-refractivity contribution in [2.75, 3.05) is 18.4 Å². The Hall–Kier alpha value is -2.90. The molecule has 0 unspecified atom stereocenters. The summed E-state index contributed by atoms with van der Waals surface area (Å²) in [5.74, 6) is 1.16. The molecule has 3 N–H and O–H groups in total. The molecule has 8 nitrogen and oxygen atoms in total. The van der Waals surface area contributed by atoms with Gasteiger partial charge in [0.05, 0.1) is 6.54 Å². The summed E-state index contributed by atoms with van der Waals surface area (Å²) in [7, 11) is 1.81. The fourth-order valence-corrected chi connectivity index (χ4v) is 1.85. The highest BCUT2D eigenvalue weighted by Crippen LogP contribution is 2.03. The van der Waals surface area contributed by atoms with Gasteiger partial charge in [-0.25, -0.2) is 9.98 Å². The molecule has 0 saturated carbocycles. The van der Waals surface area contributed by atoms with Crippen LogP contribution >= 0.6 is 0 Å². The third-order valence-electron chi connectivity index (χ3n) is 3.00. The summed E-state index contributed by atoms with van der Waals surface area (Å²) < 4.78 is 1.66. The lowest BCUT2D eigenvalue weighted by Crippen LogP contribution is -2.41. The third-order valence-corrected chi connectivity index (χ3v) is 3.00. The number of hydrogen-bond acceptors (Lipinski definition) is 4. The minimum Gasteiger partial charge on any atom is -0.357 e. The maximum Gasteiger partial charge on any atom is 0.243 e. The van der Waals surface area contributed by atoms with E-state index in [0.717, 1.165) is 11.5 Å². The van der Waals surface area contributed by atoms with Gasteiger partial charge in [0.1, 0.15) is 18.7 Å². The van der Waals surface area contributed by atoms with Crippen LogP contribution in [0, 0.1) is 0 Å². The van der Waals surface area contributed by atoms with Crippen LogP contribution in [0.2, 0.25) is 0 Å². The number of carbonyl (C=O) groups excluding carboxylic acids is 1. The number of anilines is 1. The SMILES string of the molecule is CCNC(=NCc1ncnn1C)NCC(=O)Nc1ccccc1. The fourth-order valence-electron chi connectivity index (χ4n) is 1.85. The zero-order valence-electron chi connectivity index (χ0n) is 13.3. The number of aliphatic imine (C=N–C) groups is 1. The van der Waals surface area contributed by atoms with Crippen LogP contribution in [0.5, 0.6) is 0 Å². The molecule has 8 heteroatoms. The summed E-state index contributed by atoms with van der Waals surface area (Å²) in [6.07, 6.45) is 1.48. The van der Waals surface area contributed by atoms with Gasteiger partial charge in [-0.3, -0.25) is 9.48 Å². The Morgan fingerprint density at radius 1 is 1.26 bits per heavy atom. The molecular formula is C15H21N7O. The normalized spacial score (nSPS) is 11.1. The third kappa shape index (κ3) is 5.42. The number of aryl methyl sites for hydroxylation is 1. The van der Waals surface area contributed by atoms with Crippen LogP contribution in [0.4, 0.5) is 5.69 Å². The first-order valence-electron chi connectivity index (χ1n) is 7.39. The Bertz CT molecular complexity index is 651. The molecule has 0 saturated heterocycles. The van der Waals surface area contributed by atoms with Gasteiger partial charge in [0.2, 0.25) is 5.91 Å². The van der Waals surface area contributed by atoms with Gasteiger partial charge in [0.25, 0.3) is 0 Å². The molecule has 0 aliphatic rings. The van der Waals surface area contributed by atoms with Crippen molar-refractivity contribution in [3.05, 3.63) is 42.5 Å². The highest BCUT2D eigenvalue weighted by atomic mass is 16.1. The molecule has 2 rings (SSSR count). The van der Waals surface area contributed by atoms with Crippen LogP contribution < -0.4 is 16.0 Å². The summed E-state index contributed by atoms with van der Waals surface area (Å²) >= 11 is 0. The number of para-hydroxylation sites is 1. The molecule has 0 aliphatic heterocycles. The van der Waals surface area contributed by atoms with Crippen LogP contribution in [0.1, 0.15) is 12.7 Å². The highest BCUT2D eigenvalue weighted by molar-refractivity contribution is 5.94. The van der Waals surface area contributed by atoms with Crippen LogP contribution in [0.25, 0.3) is 0 Å². The second-order valence-corrected chi connectivity index (χ2v) is 4.76. The van der Waals surface area contributed by atoms with Crippen molar-refractivity contribution in [1.29, 1.82) is 0 Å². The second kappa shape index (κ2) is 8.52. The van der Waals surface area contributed by atoms with Gasteiger partial charge in [0.15, 0.2) is 5.96 Å². The first-order chi connectivity index (χ1) is 11.2. The van der Waals surface area contributed by atoms with Crippen molar-refractivity contribution < 1.29 is 4.79 Å². The van der Waals surface area contributed by atoms with Gasteiger partial charge in [-0.05, 0) is 19.1 Å². The monoisotopic (exact) mass is 315 g/mol. The lowest BCUT2D eigenvalue weighted by Gasteiger charge is -2.11. The smallest absolute Gasteiger partial charge is 0.243 e. The van der Waals surface area contributed by atoms with Crippen molar-refractivity contribution in [1.82, 2.24) is 25.4 Å². The van der Waals surface area contributed by atoms with Crippen molar-refractivity contribution >= 4 is 17.6 Å². The molecule has 23 heavy (non-hydrogen) atoms. The van der Waals surface area contributed by atoms with Crippen LogP contribution in [0.3, 0.4) is 0 Å². The molecule has 1 heterocycles. The first kappa shape index (κ1) is 16.5. The van der Waals surface area contributed by atoms with Crippen molar-refractivity contribution in [2.24, 2.45) is 12.0 Å². The van der Waals surface area contributed by atoms with Gasteiger partial charge in [0, 0.05) is 19.3 Å². The fraction of sp³-hybridized carbons (Fsp3) is 0.333. The maximum absolute atomic E-state index is 11.9. The van der Waals surface area contributed by atoms with Gasteiger partial charge in [-0.2, -0.15) is 5.10 Å². The molecule has 1 aromatic carbocycles. The number of nitrogens with zero attached hydrogens (tertiary/aromatic N) is 4. The number of hydrogen-bond donors (Lipinski definition) is 3. The summed E-state index contributed by atoms with van der Waals surface area (Å²) in [5, 5.41) is 12.9. The molecule has 1 amide bonds. The average Bonchev–Trinajstić information content (AvgIpc) is 2.96. The number of aromatic nitrogens is 3. The predicted octanol–water partition coefficient (Wildman–Crippen LogP) is 0.509. The van der Waals surface area contributed by atoms with Crippen molar-refractivity contribution in [3.8, 4) is 0 Å². The number of carbonyl (C=O) groups is 1. The number of rotatable bonds is 6. The van der Waals surface area contributed by atoms with E-state index in [0.29, 0.717) is 19.0 Å². The van der Waals surface area contributed by atoms with E-state index >= 15 is 0 Å². The quantitative estimate of drug-likeness (QED) is 0.533. The maximum atomic E-state index is 11.9. The van der Waals surface area contributed by atoms with E-state index in [2.05, 4.69) is 31.0 Å². The van der Waals surface area contributed by atoms with E-state index < -0.39 is 0 Å². The minimum absolute atomic E-state index is 0.125. The van der Waals surface area contributed by atoms with E-state index in [1.165, 1.54) is 6.33 Å². The Labute approximate surface area is 135 Å². The Kier molecular flexibility index (Phi) is 6.10. The lowest BCUT2D eigenvalue weighted by molar-refractivity contribution is -0.115. The van der Waals surface area contributed by atoms with Gasteiger partial charge >= 0.3 is 0 Å². The Balaban J connectivity index is 1.86. The zero-order valence-corrected chi connectivity index (χ0v) is 13.3. The number of guanidine groups is 1. The molecule has 0 aliphatic carbocycles. The summed E-state index contributed by atoms with van der Waals surface area (Å²) in [6.45, 7) is 3.17. The molecule has 0 fully saturated rings. The highest BCUT2D eigenvalue weighted by Gasteiger charge is 2.05. The summed E-state index contributed by atoms with van der Waals surface area (Å²) in [6, 6.07) is 9.32. The summed E-state index contributed by atoms with van der Waals surface area (Å²) in [4.78, 5) is 20.4. The van der Waals surface area contributed by atoms with E-state index in [1.807, 2.05) is 44.3 Å². The van der Waals surface area contributed by atoms with E-state index in [9.17, 15) is 4.79 Å². The minimum atomic E-state index is -0.138. The van der Waals surface area contributed by atoms with Crippen molar-refractivity contribution in [2.45, 2.75) is 13.5 Å². The van der Waals surface area contributed by atoms with Crippen LogP contribution in [-0.4, -0.2) is 39.7 Å². The largest absolute Gasteiger partial charge is 0.357 e. The number of amides is 1. The molecule has 0 radical (unpaired) electrons. The Morgan fingerprint density at radius 3 is 2.70 bits per heavy atom. The topological polar surface area (TPSA) is 96.2 Å². The number of benzene rings is 1. The van der Waals surface area contributed by atoms with E-state index in [-0.39, 0.29) is 12.5 Å². The van der Waals surface area contributed by atoms with Crippen molar-refractivity contribution in [3.63, 3.8) is 0 Å². The molecule has 1 aromatic heterocycles. The molecule has 0 spiro atoms.